The van der Waals surface area contributed by atoms with Gasteiger partial charge in [-0.2, -0.15) is 0 Å². The van der Waals surface area contributed by atoms with Crippen LogP contribution in [0.1, 0.15) is 0 Å². The van der Waals surface area contributed by atoms with Crippen molar-refractivity contribution in [2.45, 2.75) is 0 Å². The zero-order valence-corrected chi connectivity index (χ0v) is 9.29. The Hall–Kier alpha value is -0.550. The number of nitrogens with one attached hydrogen (secondary N) is 1. The zero-order valence-electron chi connectivity index (χ0n) is 6.96. The van der Waals surface area contributed by atoms with Crippen LogP contribution in [0.5, 0.6) is 0 Å². The van der Waals surface area contributed by atoms with Gasteiger partial charge in [0, 0.05) is 0 Å². The molecule has 7 heteroatoms. The molecule has 0 aliphatic rings. The third-order valence-corrected chi connectivity index (χ3v) is 1.95. The van der Waals surface area contributed by atoms with Gasteiger partial charge in [0.15, 0.2) is 0 Å². The molecule has 0 saturated heterocycles. The number of aromatic nitrogens is 1. The molecule has 78 valence electrons. The normalized spacial score (nSPS) is 9.07. The van der Waals surface area contributed by atoms with Crippen molar-refractivity contribution in [3.05, 3.63) is 22.4 Å². The first-order valence-corrected chi connectivity index (χ1v) is 4.20. The first-order valence-electron chi connectivity index (χ1n) is 3.44. The molecule has 0 saturated carbocycles. The lowest BCUT2D eigenvalue weighted by atomic mass is 10.4. The van der Waals surface area contributed by atoms with Crippen molar-refractivity contribution in [2.24, 2.45) is 5.73 Å². The molecule has 0 aromatic carbocycles. The molecule has 0 radical (unpaired) electrons. The molecule has 0 bridgehead atoms. The maximum Gasteiger partial charge on any atom is 0.238 e. The third-order valence-electron chi connectivity index (χ3n) is 1.27. The Balaban J connectivity index is 0.00000169. The summed E-state index contributed by atoms with van der Waals surface area (Å²) < 4.78 is 0. The van der Waals surface area contributed by atoms with E-state index in [0.29, 0.717) is 5.69 Å². The van der Waals surface area contributed by atoms with Gasteiger partial charge in [-0.15, -0.1) is 12.4 Å². The van der Waals surface area contributed by atoms with Gasteiger partial charge in [-0.1, -0.05) is 23.2 Å². The van der Waals surface area contributed by atoms with Gasteiger partial charge in [0.25, 0.3) is 0 Å². The number of carbonyl (C=O) groups is 1. The standard InChI is InChI=1S/C7H7Cl2N3O.ClH/c8-5-1-4(3-11-7(5)9)12-6(13)2-10;/h1,3H,2,10H2,(H,12,13);1H. The van der Waals surface area contributed by atoms with E-state index in [-0.39, 0.29) is 35.0 Å². The van der Waals surface area contributed by atoms with Crippen molar-refractivity contribution < 1.29 is 4.79 Å². The minimum Gasteiger partial charge on any atom is -0.324 e. The summed E-state index contributed by atoms with van der Waals surface area (Å²) in [6.07, 6.45) is 1.40. The molecule has 3 N–H and O–H groups in total. The molecule has 1 heterocycles. The van der Waals surface area contributed by atoms with E-state index in [4.69, 9.17) is 28.9 Å². The zero-order chi connectivity index (χ0) is 9.84. The Labute approximate surface area is 97.2 Å². The predicted octanol–water partition coefficient (Wildman–Crippen LogP) is 1.71. The van der Waals surface area contributed by atoms with E-state index in [0.717, 1.165) is 0 Å². The van der Waals surface area contributed by atoms with Crippen molar-refractivity contribution in [1.82, 2.24) is 4.98 Å². The molecule has 0 unspecified atom stereocenters. The summed E-state index contributed by atoms with van der Waals surface area (Å²) in [6.45, 7) is -0.0831. The number of anilines is 1. The van der Waals surface area contributed by atoms with Crippen LogP contribution in [-0.2, 0) is 4.79 Å². The molecular weight excluding hydrogens is 248 g/mol. The summed E-state index contributed by atoms with van der Waals surface area (Å²) in [5.41, 5.74) is 5.57. The fourth-order valence-corrected chi connectivity index (χ4v) is 0.971. The molecule has 0 aliphatic carbocycles. The van der Waals surface area contributed by atoms with Gasteiger partial charge in [-0.05, 0) is 6.07 Å². The molecule has 1 aromatic heterocycles. The fraction of sp³-hybridized carbons (Fsp3) is 0.143. The largest absolute Gasteiger partial charge is 0.324 e. The highest BCUT2D eigenvalue weighted by Crippen LogP contribution is 2.21. The highest BCUT2D eigenvalue weighted by atomic mass is 35.5. The van der Waals surface area contributed by atoms with Crippen molar-refractivity contribution in [1.29, 1.82) is 0 Å². The van der Waals surface area contributed by atoms with Gasteiger partial charge in [0.1, 0.15) is 5.15 Å². The van der Waals surface area contributed by atoms with E-state index in [1.165, 1.54) is 12.3 Å². The van der Waals surface area contributed by atoms with Gasteiger partial charge >= 0.3 is 0 Å². The Morgan fingerprint density at radius 2 is 2.21 bits per heavy atom. The Morgan fingerprint density at radius 3 is 2.71 bits per heavy atom. The van der Waals surface area contributed by atoms with E-state index in [1.54, 1.807) is 0 Å². The van der Waals surface area contributed by atoms with Crippen LogP contribution >= 0.6 is 35.6 Å². The lowest BCUT2D eigenvalue weighted by molar-refractivity contribution is -0.114. The second-order valence-corrected chi connectivity index (χ2v) is 3.01. The van der Waals surface area contributed by atoms with Gasteiger partial charge in [0.2, 0.25) is 5.91 Å². The monoisotopic (exact) mass is 255 g/mol. The van der Waals surface area contributed by atoms with Gasteiger partial charge < -0.3 is 11.1 Å². The van der Waals surface area contributed by atoms with Crippen LogP contribution < -0.4 is 11.1 Å². The van der Waals surface area contributed by atoms with Crippen LogP contribution in [0, 0.1) is 0 Å². The number of halogens is 3. The van der Waals surface area contributed by atoms with E-state index >= 15 is 0 Å². The van der Waals surface area contributed by atoms with Crippen molar-refractivity contribution in [2.75, 3.05) is 11.9 Å². The Bertz CT molecular complexity index is 332. The first-order chi connectivity index (χ1) is 6.13. The number of nitrogens with zero attached hydrogens (tertiary/aromatic N) is 1. The highest BCUT2D eigenvalue weighted by molar-refractivity contribution is 6.41. The van der Waals surface area contributed by atoms with Crippen LogP contribution in [0.25, 0.3) is 0 Å². The van der Waals surface area contributed by atoms with Crippen LogP contribution in [0.3, 0.4) is 0 Å². The average Bonchev–Trinajstić information content (AvgIpc) is 2.11. The van der Waals surface area contributed by atoms with E-state index in [2.05, 4.69) is 10.3 Å². The second-order valence-electron chi connectivity index (χ2n) is 2.25. The lowest BCUT2D eigenvalue weighted by Gasteiger charge is -2.03. The minimum atomic E-state index is -0.305. The molecule has 0 fully saturated rings. The predicted molar refractivity (Wildman–Crippen MR) is 59.2 cm³/mol. The molecule has 0 aliphatic heterocycles. The van der Waals surface area contributed by atoms with Crippen LogP contribution in [-0.4, -0.2) is 17.4 Å². The molecule has 14 heavy (non-hydrogen) atoms. The summed E-state index contributed by atoms with van der Waals surface area (Å²) in [5.74, 6) is -0.305. The number of hydrogen-bond donors (Lipinski definition) is 2. The number of amides is 1. The first kappa shape index (κ1) is 13.4. The third kappa shape index (κ3) is 3.67. The lowest BCUT2D eigenvalue weighted by Crippen LogP contribution is -2.21. The Morgan fingerprint density at radius 1 is 1.57 bits per heavy atom. The number of nitrogens with two attached hydrogens (primary N) is 1. The van der Waals surface area contributed by atoms with Crippen LogP contribution in [0.2, 0.25) is 10.2 Å². The molecular formula is C7H8Cl3N3O. The van der Waals surface area contributed by atoms with Crippen molar-refractivity contribution >= 4 is 47.2 Å². The summed E-state index contributed by atoms with van der Waals surface area (Å²) in [5, 5.41) is 2.98. The quantitative estimate of drug-likeness (QED) is 0.792. The Kier molecular flexibility index (Phi) is 5.79. The highest BCUT2D eigenvalue weighted by Gasteiger charge is 2.03. The van der Waals surface area contributed by atoms with Crippen LogP contribution in [0.4, 0.5) is 5.69 Å². The fourth-order valence-electron chi connectivity index (χ4n) is 0.702. The van der Waals surface area contributed by atoms with Crippen LogP contribution in [0.15, 0.2) is 12.3 Å². The average molecular weight is 257 g/mol. The number of pyridine rings is 1. The van der Waals surface area contributed by atoms with Gasteiger partial charge in [0.05, 0.1) is 23.5 Å². The van der Waals surface area contributed by atoms with Crippen molar-refractivity contribution in [3.8, 4) is 0 Å². The van der Waals surface area contributed by atoms with E-state index in [9.17, 15) is 4.79 Å². The van der Waals surface area contributed by atoms with Gasteiger partial charge in [-0.3, -0.25) is 4.79 Å². The minimum absolute atomic E-state index is 0. The topological polar surface area (TPSA) is 68.0 Å². The summed E-state index contributed by atoms with van der Waals surface area (Å²) in [4.78, 5) is 14.6. The molecule has 0 spiro atoms. The van der Waals surface area contributed by atoms with Gasteiger partial charge in [-0.25, -0.2) is 4.98 Å². The maximum absolute atomic E-state index is 10.8. The van der Waals surface area contributed by atoms with E-state index in [1.807, 2.05) is 0 Å². The van der Waals surface area contributed by atoms with E-state index < -0.39 is 0 Å². The summed E-state index contributed by atoms with van der Waals surface area (Å²) in [7, 11) is 0. The summed E-state index contributed by atoms with van der Waals surface area (Å²) in [6, 6.07) is 1.50. The number of hydrogen-bond acceptors (Lipinski definition) is 3. The molecule has 0 atom stereocenters. The summed E-state index contributed by atoms with van der Waals surface area (Å²) >= 11 is 11.2. The smallest absolute Gasteiger partial charge is 0.238 e. The SMILES string of the molecule is Cl.NCC(=O)Nc1cnc(Cl)c(Cl)c1. The van der Waals surface area contributed by atoms with Crippen molar-refractivity contribution in [3.63, 3.8) is 0 Å². The number of carbonyl (C=O) groups excluding carboxylic acids is 1. The number of rotatable bonds is 2. The maximum atomic E-state index is 10.8. The molecule has 1 amide bonds. The molecule has 4 nitrogen and oxygen atoms in total. The molecule has 1 rings (SSSR count). The molecule has 1 aromatic rings. The second kappa shape index (κ2) is 6.03.